The minimum Gasteiger partial charge on any atom is -0.379 e. The maximum Gasteiger partial charge on any atom is 0.283 e. The summed E-state index contributed by atoms with van der Waals surface area (Å²) >= 11 is 3.43. The van der Waals surface area contributed by atoms with Crippen molar-refractivity contribution in [3.63, 3.8) is 0 Å². The van der Waals surface area contributed by atoms with Gasteiger partial charge in [0.1, 0.15) is 4.47 Å². The first kappa shape index (κ1) is 16.5. The molecule has 118 valence electrons. The van der Waals surface area contributed by atoms with E-state index >= 15 is 0 Å². The van der Waals surface area contributed by atoms with E-state index in [0.717, 1.165) is 38.0 Å². The number of hydrogen-bond acceptors (Lipinski definition) is 4. The fourth-order valence-corrected chi connectivity index (χ4v) is 3.13. The molecule has 0 aromatic carbocycles. The van der Waals surface area contributed by atoms with Gasteiger partial charge in [-0.1, -0.05) is 20.3 Å². The molecular formula is C15H25BrN4O. The number of likely N-dealkylation sites (N-methyl/N-ethyl adjacent to an activating group) is 1. The standard InChI is InChI=1S/C15H25BrN4O/c1-3-5-9-20-15(21)14(16)13(10-17-20)18-12-7-6-8-19(4-2)11-12/h10,12,18H,3-9,11H2,1-2H3. The normalized spacial score (nSPS) is 19.7. The number of piperidine rings is 1. The van der Waals surface area contributed by atoms with E-state index in [-0.39, 0.29) is 5.56 Å². The van der Waals surface area contributed by atoms with Crippen LogP contribution in [0.4, 0.5) is 5.69 Å². The molecule has 0 saturated carbocycles. The lowest BCUT2D eigenvalue weighted by Gasteiger charge is -2.32. The molecule has 0 amide bonds. The molecule has 1 aliphatic heterocycles. The Hall–Kier alpha value is -0.880. The second-order valence-electron chi connectivity index (χ2n) is 5.63. The Labute approximate surface area is 134 Å². The van der Waals surface area contributed by atoms with Crippen molar-refractivity contribution < 1.29 is 0 Å². The van der Waals surface area contributed by atoms with Crippen molar-refractivity contribution in [3.8, 4) is 0 Å². The van der Waals surface area contributed by atoms with Crippen LogP contribution < -0.4 is 10.9 Å². The van der Waals surface area contributed by atoms with Gasteiger partial charge in [0.15, 0.2) is 0 Å². The lowest BCUT2D eigenvalue weighted by molar-refractivity contribution is 0.227. The van der Waals surface area contributed by atoms with Crippen LogP contribution in [0.1, 0.15) is 39.5 Å². The number of rotatable bonds is 6. The van der Waals surface area contributed by atoms with Gasteiger partial charge in [-0.2, -0.15) is 5.10 Å². The summed E-state index contributed by atoms with van der Waals surface area (Å²) in [4.78, 5) is 14.7. The Morgan fingerprint density at radius 1 is 1.48 bits per heavy atom. The summed E-state index contributed by atoms with van der Waals surface area (Å²) in [6.07, 6.45) is 6.14. The number of anilines is 1. The predicted molar refractivity (Wildman–Crippen MR) is 89.9 cm³/mol. The van der Waals surface area contributed by atoms with Crippen molar-refractivity contribution in [2.24, 2.45) is 0 Å². The molecule has 0 spiro atoms. The Kier molecular flexibility index (Phi) is 6.23. The molecule has 6 heteroatoms. The minimum atomic E-state index is -0.0448. The number of hydrogen-bond donors (Lipinski definition) is 1. The predicted octanol–water partition coefficient (Wildman–Crippen LogP) is 2.70. The monoisotopic (exact) mass is 356 g/mol. The van der Waals surface area contributed by atoms with Crippen LogP contribution >= 0.6 is 15.9 Å². The molecule has 0 radical (unpaired) electrons. The maximum absolute atomic E-state index is 12.3. The lowest BCUT2D eigenvalue weighted by Crippen LogP contribution is -2.42. The van der Waals surface area contributed by atoms with E-state index in [2.05, 4.69) is 45.1 Å². The molecule has 0 bridgehead atoms. The number of nitrogens with zero attached hydrogens (tertiary/aromatic N) is 3. The van der Waals surface area contributed by atoms with E-state index in [1.54, 1.807) is 6.20 Å². The highest BCUT2D eigenvalue weighted by atomic mass is 79.9. The molecule has 2 rings (SSSR count). The van der Waals surface area contributed by atoms with E-state index < -0.39 is 0 Å². The van der Waals surface area contributed by atoms with Gasteiger partial charge in [-0.05, 0) is 48.3 Å². The van der Waals surface area contributed by atoms with Gasteiger partial charge in [0.25, 0.3) is 5.56 Å². The quantitative estimate of drug-likeness (QED) is 0.851. The molecule has 1 aromatic heterocycles. The van der Waals surface area contributed by atoms with Crippen molar-refractivity contribution in [2.45, 2.75) is 52.1 Å². The van der Waals surface area contributed by atoms with Gasteiger partial charge in [-0.25, -0.2) is 4.68 Å². The van der Waals surface area contributed by atoms with Gasteiger partial charge < -0.3 is 10.2 Å². The average molecular weight is 357 g/mol. The average Bonchev–Trinajstić information content (AvgIpc) is 2.51. The van der Waals surface area contributed by atoms with Gasteiger partial charge in [0.05, 0.1) is 11.9 Å². The van der Waals surface area contributed by atoms with Crippen LogP contribution in [0.3, 0.4) is 0 Å². The van der Waals surface area contributed by atoms with Crippen molar-refractivity contribution in [2.75, 3.05) is 25.0 Å². The van der Waals surface area contributed by atoms with Gasteiger partial charge in [-0.15, -0.1) is 0 Å². The molecule has 5 nitrogen and oxygen atoms in total. The highest BCUT2D eigenvalue weighted by Crippen LogP contribution is 2.20. The smallest absolute Gasteiger partial charge is 0.283 e. The van der Waals surface area contributed by atoms with Crippen LogP contribution in [-0.4, -0.2) is 40.4 Å². The highest BCUT2D eigenvalue weighted by molar-refractivity contribution is 9.10. The molecule has 1 aliphatic rings. The molecule has 1 atom stereocenters. The molecule has 1 fully saturated rings. The summed E-state index contributed by atoms with van der Waals surface area (Å²) in [5.41, 5.74) is 0.771. The van der Waals surface area contributed by atoms with E-state index in [0.29, 0.717) is 17.1 Å². The number of aromatic nitrogens is 2. The van der Waals surface area contributed by atoms with Crippen molar-refractivity contribution in [3.05, 3.63) is 21.0 Å². The Balaban J connectivity index is 2.06. The molecule has 21 heavy (non-hydrogen) atoms. The van der Waals surface area contributed by atoms with Gasteiger partial charge >= 0.3 is 0 Å². The van der Waals surface area contributed by atoms with Gasteiger partial charge in [0.2, 0.25) is 0 Å². The third kappa shape index (κ3) is 4.30. The van der Waals surface area contributed by atoms with Crippen molar-refractivity contribution in [1.29, 1.82) is 0 Å². The van der Waals surface area contributed by atoms with Crippen LogP contribution in [0.15, 0.2) is 15.5 Å². The second kappa shape index (κ2) is 7.94. The largest absolute Gasteiger partial charge is 0.379 e. The zero-order valence-electron chi connectivity index (χ0n) is 12.9. The number of halogens is 1. The molecule has 1 unspecified atom stereocenters. The third-order valence-electron chi connectivity index (χ3n) is 4.02. The number of nitrogens with one attached hydrogen (secondary N) is 1. The van der Waals surface area contributed by atoms with Crippen LogP contribution in [0, 0.1) is 0 Å². The Morgan fingerprint density at radius 3 is 3.00 bits per heavy atom. The zero-order valence-corrected chi connectivity index (χ0v) is 14.5. The van der Waals surface area contributed by atoms with Gasteiger partial charge in [-0.3, -0.25) is 4.79 Å². The third-order valence-corrected chi connectivity index (χ3v) is 4.79. The first-order valence-corrected chi connectivity index (χ1v) is 8.69. The van der Waals surface area contributed by atoms with Gasteiger partial charge in [0, 0.05) is 19.1 Å². The summed E-state index contributed by atoms with van der Waals surface area (Å²) in [5.74, 6) is 0. The van der Waals surface area contributed by atoms with Crippen LogP contribution in [0.25, 0.3) is 0 Å². The fraction of sp³-hybridized carbons (Fsp3) is 0.733. The first-order chi connectivity index (χ1) is 10.2. The van der Waals surface area contributed by atoms with E-state index in [9.17, 15) is 4.79 Å². The fourth-order valence-electron chi connectivity index (χ4n) is 2.71. The lowest BCUT2D eigenvalue weighted by atomic mass is 10.1. The molecular weight excluding hydrogens is 332 g/mol. The summed E-state index contributed by atoms with van der Waals surface area (Å²) in [6, 6.07) is 0.391. The van der Waals surface area contributed by atoms with Crippen molar-refractivity contribution in [1.82, 2.24) is 14.7 Å². The molecule has 0 aliphatic carbocycles. The van der Waals surface area contributed by atoms with E-state index in [4.69, 9.17) is 0 Å². The van der Waals surface area contributed by atoms with Crippen LogP contribution in [-0.2, 0) is 6.54 Å². The van der Waals surface area contributed by atoms with Crippen molar-refractivity contribution >= 4 is 21.6 Å². The summed E-state index contributed by atoms with van der Waals surface area (Å²) in [5, 5.41) is 7.75. The van der Waals surface area contributed by atoms with E-state index in [1.165, 1.54) is 17.6 Å². The molecule has 1 saturated heterocycles. The van der Waals surface area contributed by atoms with Crippen LogP contribution in [0.2, 0.25) is 0 Å². The maximum atomic E-state index is 12.3. The Morgan fingerprint density at radius 2 is 2.29 bits per heavy atom. The summed E-state index contributed by atoms with van der Waals surface area (Å²) < 4.78 is 2.14. The van der Waals surface area contributed by atoms with E-state index in [1.807, 2.05) is 0 Å². The number of likely N-dealkylation sites (tertiary alicyclic amines) is 1. The molecule has 1 N–H and O–H groups in total. The zero-order chi connectivity index (χ0) is 15.2. The first-order valence-electron chi connectivity index (χ1n) is 7.90. The SMILES string of the molecule is CCCCn1ncc(NC2CCCN(CC)C2)c(Br)c1=O. The number of unbranched alkanes of at least 4 members (excludes halogenated alkanes) is 1. The number of aryl methyl sites for hydroxylation is 1. The topological polar surface area (TPSA) is 50.2 Å². The second-order valence-corrected chi connectivity index (χ2v) is 6.42. The summed E-state index contributed by atoms with van der Waals surface area (Å²) in [6.45, 7) is 8.26. The Bertz CT molecular complexity index is 517. The summed E-state index contributed by atoms with van der Waals surface area (Å²) in [7, 11) is 0. The molecule has 2 heterocycles. The minimum absolute atomic E-state index is 0.0448. The van der Waals surface area contributed by atoms with Crippen LogP contribution in [0.5, 0.6) is 0 Å². The molecule has 1 aromatic rings. The highest BCUT2D eigenvalue weighted by Gasteiger charge is 2.20.